The zero-order valence-electron chi connectivity index (χ0n) is 28.7. The van der Waals surface area contributed by atoms with Crippen LogP contribution in [-0.4, -0.2) is 24.1 Å². The summed E-state index contributed by atoms with van der Waals surface area (Å²) in [7, 11) is 0. The molecule has 0 bridgehead atoms. The molecule has 0 saturated heterocycles. The van der Waals surface area contributed by atoms with Crippen molar-refractivity contribution >= 4 is 49.7 Å². The first kappa shape index (κ1) is 30.3. The lowest BCUT2D eigenvalue weighted by Crippen LogP contribution is -2.04. The third-order valence-corrected chi connectivity index (χ3v) is 10.3. The van der Waals surface area contributed by atoms with Crippen LogP contribution in [0.4, 0.5) is 0 Å². The molecule has 52 heavy (non-hydrogen) atoms. The second-order valence-electron chi connectivity index (χ2n) is 13.5. The van der Waals surface area contributed by atoms with E-state index >= 15 is 0 Å². The molecule has 248 valence electrons. The van der Waals surface area contributed by atoms with E-state index in [9.17, 15) is 0 Å². The highest BCUT2D eigenvalue weighted by Crippen LogP contribution is 2.38. The molecule has 0 spiro atoms. The Hall–Kier alpha value is -6.59. The number of allylic oxidation sites excluding steroid dienone is 8. The summed E-state index contributed by atoms with van der Waals surface area (Å²) in [5.74, 6) is 1.95. The van der Waals surface area contributed by atoms with Gasteiger partial charge in [-0.1, -0.05) is 115 Å². The van der Waals surface area contributed by atoms with Gasteiger partial charge in [-0.2, -0.15) is 0 Å². The van der Waals surface area contributed by atoms with Gasteiger partial charge >= 0.3 is 0 Å². The average Bonchev–Trinajstić information content (AvgIpc) is 3.81. The monoisotopic (exact) mass is 669 g/mol. The van der Waals surface area contributed by atoms with Gasteiger partial charge in [0, 0.05) is 27.9 Å². The van der Waals surface area contributed by atoms with E-state index < -0.39 is 0 Å². The molecule has 0 amide bonds. The maximum Gasteiger partial charge on any atom is 0.145 e. The van der Waals surface area contributed by atoms with Crippen LogP contribution in [0.2, 0.25) is 0 Å². The molecule has 2 aliphatic carbocycles. The lowest BCUT2D eigenvalue weighted by atomic mass is 9.92. The minimum Gasteiger partial charge on any atom is -0.293 e. The Morgan fingerprint density at radius 3 is 1.92 bits per heavy atom. The molecule has 0 aliphatic heterocycles. The predicted octanol–water partition coefficient (Wildman–Crippen LogP) is 11.7. The van der Waals surface area contributed by atoms with Crippen molar-refractivity contribution in [1.29, 1.82) is 0 Å². The molecule has 5 heteroatoms. The van der Waals surface area contributed by atoms with Crippen LogP contribution in [0, 0.1) is 0 Å². The minimum absolute atomic E-state index is 0.879. The lowest BCUT2D eigenvalue weighted by molar-refractivity contribution is 0.986. The third-order valence-electron chi connectivity index (χ3n) is 10.3. The fraction of sp³-hybridized carbons (Fsp3) is 0.0851. The highest BCUT2D eigenvalue weighted by molar-refractivity contribution is 5.96. The van der Waals surface area contributed by atoms with Gasteiger partial charge in [-0.05, 0) is 90.8 Å². The summed E-state index contributed by atoms with van der Waals surface area (Å²) >= 11 is 0. The average molecular weight is 670 g/mol. The first-order chi connectivity index (χ1) is 25.8. The molecule has 0 radical (unpaired) electrons. The number of hydrogen-bond donors (Lipinski definition) is 0. The van der Waals surface area contributed by atoms with Crippen molar-refractivity contribution in [2.45, 2.75) is 25.7 Å². The molecular formula is C47H35N5. The smallest absolute Gasteiger partial charge is 0.145 e. The van der Waals surface area contributed by atoms with Gasteiger partial charge < -0.3 is 0 Å². The first-order valence-electron chi connectivity index (χ1n) is 18.1. The third kappa shape index (κ3) is 5.21. The zero-order chi connectivity index (χ0) is 34.4. The number of benzene rings is 5. The van der Waals surface area contributed by atoms with Crippen LogP contribution in [0.3, 0.4) is 0 Å². The largest absolute Gasteiger partial charge is 0.293 e. The standard InChI is InChI=1S/C47H35N5/c1-3-14-37(15-4-1)51-43-21-11-9-19-40(43)49-46(51)34-27-23-32(24-28-34)42-31-36-13-7-8-18-39(36)45(48-42)33-25-29-35(30-26-33)47-50-41-20-10-12-22-44(41)52(47)38-16-5-2-6-17-38/h2-3,5-25,27-29,31H,1,4,26,30H2. The SMILES string of the molecule is C1=CC(n2c(-c3ccc(-c4cc5ccccc5c(C5=CC=C(c6nc7ccccc7n6-c6ccccc6)CC5)n4)cc3)nc3ccccc32)=CCC1. The number of pyridine rings is 1. The summed E-state index contributed by atoms with van der Waals surface area (Å²) in [5.41, 5.74) is 13.2. The van der Waals surface area contributed by atoms with Crippen LogP contribution in [0.25, 0.3) is 78.0 Å². The lowest BCUT2D eigenvalue weighted by Gasteiger charge is -2.18. The van der Waals surface area contributed by atoms with Gasteiger partial charge in [0.05, 0.1) is 33.5 Å². The van der Waals surface area contributed by atoms with E-state index in [0.29, 0.717) is 0 Å². The molecule has 10 rings (SSSR count). The highest BCUT2D eigenvalue weighted by Gasteiger charge is 2.21. The van der Waals surface area contributed by atoms with Crippen LogP contribution in [0.5, 0.6) is 0 Å². The van der Waals surface area contributed by atoms with E-state index in [4.69, 9.17) is 15.0 Å². The summed E-state index contributed by atoms with van der Waals surface area (Å²) in [6.45, 7) is 0. The van der Waals surface area contributed by atoms with Crippen LogP contribution < -0.4 is 0 Å². The molecule has 5 aromatic carbocycles. The van der Waals surface area contributed by atoms with Gasteiger partial charge in [0.2, 0.25) is 0 Å². The molecule has 8 aromatic rings. The maximum absolute atomic E-state index is 5.36. The van der Waals surface area contributed by atoms with Gasteiger partial charge in [-0.3, -0.25) is 9.13 Å². The van der Waals surface area contributed by atoms with E-state index in [-0.39, 0.29) is 0 Å². The summed E-state index contributed by atoms with van der Waals surface area (Å²) in [5, 5.41) is 2.36. The fourth-order valence-corrected chi connectivity index (χ4v) is 7.73. The first-order valence-corrected chi connectivity index (χ1v) is 18.1. The van der Waals surface area contributed by atoms with Crippen molar-refractivity contribution < 1.29 is 0 Å². The number of fused-ring (bicyclic) bond motifs is 3. The number of hydrogen-bond acceptors (Lipinski definition) is 3. The Morgan fingerprint density at radius 1 is 0.519 bits per heavy atom. The molecule has 0 fully saturated rings. The number of aromatic nitrogens is 5. The van der Waals surface area contributed by atoms with Crippen molar-refractivity contribution in [3.63, 3.8) is 0 Å². The van der Waals surface area contributed by atoms with Crippen molar-refractivity contribution in [1.82, 2.24) is 24.1 Å². The fourth-order valence-electron chi connectivity index (χ4n) is 7.73. The number of imidazole rings is 2. The second-order valence-corrected chi connectivity index (χ2v) is 13.5. The van der Waals surface area contributed by atoms with Crippen LogP contribution in [0.1, 0.15) is 37.2 Å². The topological polar surface area (TPSA) is 48.5 Å². The van der Waals surface area contributed by atoms with Crippen molar-refractivity contribution in [3.8, 4) is 28.3 Å². The molecule has 0 unspecified atom stereocenters. The maximum atomic E-state index is 5.36. The Kier molecular flexibility index (Phi) is 7.35. The van der Waals surface area contributed by atoms with E-state index in [1.807, 2.05) is 0 Å². The quantitative estimate of drug-likeness (QED) is 0.177. The molecule has 2 aliphatic rings. The molecule has 0 saturated carbocycles. The Bertz CT molecular complexity index is 2770. The van der Waals surface area contributed by atoms with Gasteiger partial charge in [-0.15, -0.1) is 0 Å². The number of rotatable bonds is 6. The second kappa shape index (κ2) is 12.6. The van der Waals surface area contributed by atoms with Crippen LogP contribution in [-0.2, 0) is 0 Å². The van der Waals surface area contributed by atoms with Crippen LogP contribution in [0.15, 0.2) is 164 Å². The summed E-state index contributed by atoms with van der Waals surface area (Å²) in [6.07, 6.45) is 15.2. The highest BCUT2D eigenvalue weighted by atomic mass is 15.1. The molecular weight excluding hydrogens is 635 g/mol. The zero-order valence-corrected chi connectivity index (χ0v) is 28.7. The summed E-state index contributed by atoms with van der Waals surface area (Å²) in [6, 6.07) is 46.9. The van der Waals surface area contributed by atoms with E-state index in [0.717, 1.165) is 87.6 Å². The Balaban J connectivity index is 1.03. The Morgan fingerprint density at radius 2 is 1.17 bits per heavy atom. The Labute approximate surface area is 302 Å². The molecule has 3 heterocycles. The minimum atomic E-state index is 0.879. The van der Waals surface area contributed by atoms with Gasteiger partial charge in [0.25, 0.3) is 0 Å². The van der Waals surface area contributed by atoms with Crippen molar-refractivity contribution in [3.05, 3.63) is 175 Å². The van der Waals surface area contributed by atoms with E-state index in [1.54, 1.807) is 0 Å². The molecule has 5 nitrogen and oxygen atoms in total. The van der Waals surface area contributed by atoms with E-state index in [1.165, 1.54) is 27.6 Å². The van der Waals surface area contributed by atoms with Gasteiger partial charge in [0.15, 0.2) is 0 Å². The molecule has 3 aromatic heterocycles. The molecule has 0 N–H and O–H groups in total. The predicted molar refractivity (Wildman–Crippen MR) is 215 cm³/mol. The van der Waals surface area contributed by atoms with Crippen LogP contribution >= 0.6 is 0 Å². The van der Waals surface area contributed by atoms with Crippen molar-refractivity contribution in [2.24, 2.45) is 0 Å². The van der Waals surface area contributed by atoms with Crippen molar-refractivity contribution in [2.75, 3.05) is 0 Å². The number of para-hydroxylation sites is 5. The molecule has 0 atom stereocenters. The normalized spacial score (nSPS) is 14.5. The van der Waals surface area contributed by atoms with Gasteiger partial charge in [0.1, 0.15) is 11.6 Å². The van der Waals surface area contributed by atoms with Gasteiger partial charge in [-0.25, -0.2) is 15.0 Å². The summed E-state index contributed by atoms with van der Waals surface area (Å²) < 4.78 is 4.58. The number of nitrogens with zero attached hydrogens (tertiary/aromatic N) is 5. The van der Waals surface area contributed by atoms with E-state index in [2.05, 4.69) is 173 Å². The summed E-state index contributed by atoms with van der Waals surface area (Å²) in [4.78, 5) is 15.6.